The fourth-order valence-corrected chi connectivity index (χ4v) is 5.89. The Morgan fingerprint density at radius 1 is 1.00 bits per heavy atom. The van der Waals surface area contributed by atoms with Crippen molar-refractivity contribution in [2.24, 2.45) is 7.05 Å². The summed E-state index contributed by atoms with van der Waals surface area (Å²) in [4.78, 5) is 34.1. The third-order valence-electron chi connectivity index (χ3n) is 7.20. The van der Waals surface area contributed by atoms with Gasteiger partial charge in [0.2, 0.25) is 5.91 Å². The highest BCUT2D eigenvalue weighted by molar-refractivity contribution is 7.99. The molecule has 2 heterocycles. The minimum atomic E-state index is -4.37. The zero-order valence-electron chi connectivity index (χ0n) is 23.1. The largest absolute Gasteiger partial charge is 0.416 e. The molecule has 0 aliphatic carbocycles. The van der Waals surface area contributed by atoms with Gasteiger partial charge in [-0.05, 0) is 50.5 Å². The zero-order chi connectivity index (χ0) is 28.9. The van der Waals surface area contributed by atoms with Gasteiger partial charge in [0.05, 0.1) is 5.56 Å². The summed E-state index contributed by atoms with van der Waals surface area (Å²) >= 11 is 1.52. The molecule has 4 rings (SSSR count). The molecule has 1 amide bonds. The lowest BCUT2D eigenvalue weighted by Crippen LogP contribution is -2.48. The molecular formula is C30H35F3N4O2S. The summed E-state index contributed by atoms with van der Waals surface area (Å²) in [5.74, 6) is 0.809. The second-order valence-corrected chi connectivity index (χ2v) is 11.3. The van der Waals surface area contributed by atoms with Crippen molar-refractivity contribution in [1.29, 1.82) is 0 Å². The number of unbranched alkanes of at least 4 members (excludes halogenated alkanes) is 1. The summed E-state index contributed by atoms with van der Waals surface area (Å²) in [5.41, 5.74) is 3.52. The summed E-state index contributed by atoms with van der Waals surface area (Å²) < 4.78 is 40.7. The van der Waals surface area contributed by atoms with Gasteiger partial charge in [-0.25, -0.2) is 4.98 Å². The Morgan fingerprint density at radius 3 is 2.42 bits per heavy atom. The average molecular weight is 573 g/mol. The van der Waals surface area contributed by atoms with Gasteiger partial charge in [0.15, 0.2) is 5.16 Å². The van der Waals surface area contributed by atoms with E-state index in [9.17, 15) is 22.8 Å². The first-order chi connectivity index (χ1) is 19.0. The van der Waals surface area contributed by atoms with Gasteiger partial charge in [0.25, 0.3) is 5.56 Å². The van der Waals surface area contributed by atoms with Crippen molar-refractivity contribution in [2.45, 2.75) is 50.9 Å². The number of piperazine rings is 1. The lowest BCUT2D eigenvalue weighted by atomic mass is 10.0. The topological polar surface area (TPSA) is 58.4 Å². The Kier molecular flexibility index (Phi) is 9.60. The molecule has 0 unspecified atom stereocenters. The number of nitrogens with zero attached hydrogens (tertiary/aromatic N) is 4. The first-order valence-corrected chi connectivity index (χ1v) is 14.5. The van der Waals surface area contributed by atoms with Gasteiger partial charge >= 0.3 is 6.18 Å². The van der Waals surface area contributed by atoms with Crippen LogP contribution in [0.2, 0.25) is 0 Å². The average Bonchev–Trinajstić information content (AvgIpc) is 2.93. The van der Waals surface area contributed by atoms with Crippen LogP contribution in [0.1, 0.15) is 47.2 Å². The van der Waals surface area contributed by atoms with E-state index in [4.69, 9.17) is 4.98 Å². The number of benzene rings is 2. The lowest BCUT2D eigenvalue weighted by molar-refractivity contribution is -0.137. The van der Waals surface area contributed by atoms with E-state index in [-0.39, 0.29) is 11.5 Å². The SMILES string of the molecule is Cc1cccc(Cc2c(C)nc(SCCCCC(=O)N3CCN(c4cccc(C(F)(F)F)c4)CC3)n(C)c2=O)c1. The van der Waals surface area contributed by atoms with Crippen LogP contribution in [0.25, 0.3) is 0 Å². The fourth-order valence-electron chi connectivity index (χ4n) is 4.88. The molecule has 0 saturated carbocycles. The number of halogens is 3. The van der Waals surface area contributed by atoms with Gasteiger partial charge in [-0.1, -0.05) is 47.7 Å². The molecule has 1 fully saturated rings. The van der Waals surface area contributed by atoms with Gasteiger partial charge in [0.1, 0.15) is 0 Å². The monoisotopic (exact) mass is 572 g/mol. The minimum absolute atomic E-state index is 0.0315. The van der Waals surface area contributed by atoms with Gasteiger partial charge in [0, 0.05) is 68.8 Å². The van der Waals surface area contributed by atoms with Crippen LogP contribution >= 0.6 is 11.8 Å². The van der Waals surface area contributed by atoms with Crippen LogP contribution in [0.15, 0.2) is 58.5 Å². The maximum absolute atomic E-state index is 13.0. The van der Waals surface area contributed by atoms with E-state index in [1.165, 1.54) is 23.9 Å². The van der Waals surface area contributed by atoms with Crippen molar-refractivity contribution in [2.75, 3.05) is 36.8 Å². The number of hydrogen-bond acceptors (Lipinski definition) is 5. The van der Waals surface area contributed by atoms with Crippen molar-refractivity contribution in [3.8, 4) is 0 Å². The Bertz CT molecular complexity index is 1400. The quantitative estimate of drug-likeness (QED) is 0.189. The third-order valence-corrected chi connectivity index (χ3v) is 8.32. The highest BCUT2D eigenvalue weighted by Crippen LogP contribution is 2.32. The Balaban J connectivity index is 1.21. The molecule has 0 atom stereocenters. The van der Waals surface area contributed by atoms with Crippen molar-refractivity contribution in [1.82, 2.24) is 14.5 Å². The van der Waals surface area contributed by atoms with Crippen LogP contribution in [-0.2, 0) is 24.4 Å². The van der Waals surface area contributed by atoms with E-state index in [0.29, 0.717) is 55.4 Å². The molecular weight excluding hydrogens is 537 g/mol. The van der Waals surface area contributed by atoms with Gasteiger partial charge in [-0.15, -0.1) is 0 Å². The van der Waals surface area contributed by atoms with Crippen LogP contribution in [0.4, 0.5) is 18.9 Å². The van der Waals surface area contributed by atoms with E-state index in [1.54, 1.807) is 22.6 Å². The molecule has 0 spiro atoms. The number of aryl methyl sites for hydroxylation is 2. The summed E-state index contributed by atoms with van der Waals surface area (Å²) in [5, 5.41) is 0.674. The summed E-state index contributed by atoms with van der Waals surface area (Å²) in [6.07, 6.45) is -1.88. The predicted octanol–water partition coefficient (Wildman–Crippen LogP) is 5.62. The second-order valence-electron chi connectivity index (χ2n) is 10.2. The number of anilines is 1. The van der Waals surface area contributed by atoms with Crippen molar-refractivity contribution in [3.63, 3.8) is 0 Å². The van der Waals surface area contributed by atoms with Crippen LogP contribution in [0, 0.1) is 13.8 Å². The van der Waals surface area contributed by atoms with Gasteiger partial charge in [-0.3, -0.25) is 14.2 Å². The van der Waals surface area contributed by atoms with E-state index in [0.717, 1.165) is 41.5 Å². The molecule has 40 heavy (non-hydrogen) atoms. The Labute approximate surface area is 237 Å². The molecule has 2 aromatic carbocycles. The Hall–Kier alpha value is -3.27. The molecule has 6 nitrogen and oxygen atoms in total. The molecule has 0 N–H and O–H groups in total. The number of carbonyl (C=O) groups is 1. The molecule has 1 aliphatic heterocycles. The highest BCUT2D eigenvalue weighted by Gasteiger charge is 2.31. The van der Waals surface area contributed by atoms with E-state index in [1.807, 2.05) is 36.9 Å². The minimum Gasteiger partial charge on any atom is -0.368 e. The zero-order valence-corrected chi connectivity index (χ0v) is 23.9. The van der Waals surface area contributed by atoms with Crippen LogP contribution < -0.4 is 10.5 Å². The number of alkyl halides is 3. The maximum atomic E-state index is 13.0. The van der Waals surface area contributed by atoms with Crippen LogP contribution in [-0.4, -0.2) is 52.3 Å². The fraction of sp³-hybridized carbons (Fsp3) is 0.433. The first-order valence-electron chi connectivity index (χ1n) is 13.5. The summed E-state index contributed by atoms with van der Waals surface area (Å²) in [7, 11) is 1.75. The molecule has 1 saturated heterocycles. The van der Waals surface area contributed by atoms with Crippen molar-refractivity contribution >= 4 is 23.4 Å². The van der Waals surface area contributed by atoms with Gasteiger partial charge in [-0.2, -0.15) is 13.2 Å². The highest BCUT2D eigenvalue weighted by atomic mass is 32.2. The number of hydrogen-bond donors (Lipinski definition) is 0. The van der Waals surface area contributed by atoms with Gasteiger partial charge < -0.3 is 9.80 Å². The van der Waals surface area contributed by atoms with E-state index >= 15 is 0 Å². The number of thioether (sulfide) groups is 1. The third kappa shape index (κ3) is 7.47. The van der Waals surface area contributed by atoms with Crippen LogP contribution in [0.3, 0.4) is 0 Å². The normalized spacial score (nSPS) is 14.1. The lowest BCUT2D eigenvalue weighted by Gasteiger charge is -2.36. The van der Waals surface area contributed by atoms with E-state index in [2.05, 4.69) is 6.07 Å². The smallest absolute Gasteiger partial charge is 0.368 e. The summed E-state index contributed by atoms with van der Waals surface area (Å²) in [6.45, 7) is 5.89. The first kappa shape index (κ1) is 29.7. The summed E-state index contributed by atoms with van der Waals surface area (Å²) in [6, 6.07) is 13.5. The number of amides is 1. The van der Waals surface area contributed by atoms with Crippen LogP contribution in [0.5, 0.6) is 0 Å². The second kappa shape index (κ2) is 12.9. The molecule has 0 bridgehead atoms. The molecule has 1 aromatic heterocycles. The molecule has 1 aliphatic rings. The molecule has 10 heteroatoms. The molecule has 0 radical (unpaired) electrons. The molecule has 214 valence electrons. The van der Waals surface area contributed by atoms with E-state index < -0.39 is 11.7 Å². The predicted molar refractivity (Wildman–Crippen MR) is 153 cm³/mol. The van der Waals surface area contributed by atoms with Crippen molar-refractivity contribution < 1.29 is 18.0 Å². The number of carbonyl (C=O) groups excluding carboxylic acids is 1. The number of rotatable bonds is 9. The standard InChI is InChI=1S/C30H35F3N4O2S/c1-21-8-6-9-23(18-21)19-26-22(2)34-29(35(3)28(26)39)40-17-5-4-12-27(38)37-15-13-36(14-16-37)25-11-7-10-24(20-25)30(31,32)33/h6-11,18,20H,4-5,12-17,19H2,1-3H3. The Morgan fingerprint density at radius 2 is 1.73 bits per heavy atom. The van der Waals surface area contributed by atoms with Crippen molar-refractivity contribution in [3.05, 3.63) is 86.8 Å². The number of aromatic nitrogens is 2. The molecule has 3 aromatic rings. The maximum Gasteiger partial charge on any atom is 0.416 e.